The molecular weight excluding hydrogens is 419 g/mol. The molecule has 1 aliphatic heterocycles. The van der Waals surface area contributed by atoms with Gasteiger partial charge in [0.25, 0.3) is 0 Å². The van der Waals surface area contributed by atoms with E-state index in [2.05, 4.69) is 9.71 Å². The first-order valence-corrected chi connectivity index (χ1v) is 11.5. The van der Waals surface area contributed by atoms with Gasteiger partial charge in [-0.25, -0.2) is 17.5 Å². The summed E-state index contributed by atoms with van der Waals surface area (Å²) in [6, 6.07) is 7.94. The molecule has 1 aromatic heterocycles. The Hall–Kier alpha value is -1.74. The van der Waals surface area contributed by atoms with E-state index < -0.39 is 15.8 Å². The third-order valence-electron chi connectivity index (χ3n) is 5.15. The number of pyridine rings is 1. The van der Waals surface area contributed by atoms with Crippen LogP contribution >= 0.6 is 11.6 Å². The minimum absolute atomic E-state index is 0.0765. The predicted molar refractivity (Wildman–Crippen MR) is 108 cm³/mol. The third kappa shape index (κ3) is 5.06. The minimum atomic E-state index is -3.26. The number of nitrogens with zero attached hydrogens (tertiary/aromatic N) is 1. The van der Waals surface area contributed by atoms with Crippen LogP contribution < -0.4 is 9.46 Å². The van der Waals surface area contributed by atoms with E-state index in [0.717, 1.165) is 12.8 Å². The molecule has 0 spiro atoms. The normalized spacial score (nSPS) is 22.4. The number of sulfonamides is 1. The molecule has 0 radical (unpaired) electrons. The van der Waals surface area contributed by atoms with Crippen molar-refractivity contribution in [2.24, 2.45) is 5.92 Å². The summed E-state index contributed by atoms with van der Waals surface area (Å²) in [4.78, 5) is 4.03. The number of hydrogen-bond acceptors (Lipinski definition) is 5. The number of halogens is 2. The molecule has 1 N–H and O–H groups in total. The van der Waals surface area contributed by atoms with Gasteiger partial charge < -0.3 is 9.47 Å². The fourth-order valence-electron chi connectivity index (χ4n) is 3.34. The SMILES string of the molecule is O=S(=O)(N[C@H]1CCOC[C@@H]1COc1ccc(-c2ncc(Cl)cc2F)cc1)C1CC1. The Bertz CT molecular complexity index is 967. The molecule has 6 nitrogen and oxygen atoms in total. The molecule has 29 heavy (non-hydrogen) atoms. The van der Waals surface area contributed by atoms with Gasteiger partial charge in [0, 0.05) is 30.3 Å². The molecule has 0 bridgehead atoms. The Morgan fingerprint density at radius 2 is 2.00 bits per heavy atom. The number of ether oxygens (including phenoxy) is 2. The maximum Gasteiger partial charge on any atom is 0.214 e. The van der Waals surface area contributed by atoms with Gasteiger partial charge in [0.15, 0.2) is 5.82 Å². The zero-order chi connectivity index (χ0) is 20.4. The van der Waals surface area contributed by atoms with Crippen molar-refractivity contribution in [2.45, 2.75) is 30.6 Å². The second-order valence-corrected chi connectivity index (χ2v) is 9.84. The Balaban J connectivity index is 1.38. The van der Waals surface area contributed by atoms with Crippen LogP contribution in [0.2, 0.25) is 5.02 Å². The quantitative estimate of drug-likeness (QED) is 0.714. The summed E-state index contributed by atoms with van der Waals surface area (Å²) in [5, 5.41) is -0.00546. The van der Waals surface area contributed by atoms with Crippen molar-refractivity contribution < 1.29 is 22.3 Å². The van der Waals surface area contributed by atoms with Crippen molar-refractivity contribution in [1.82, 2.24) is 9.71 Å². The van der Waals surface area contributed by atoms with Crippen molar-refractivity contribution in [3.63, 3.8) is 0 Å². The van der Waals surface area contributed by atoms with Crippen LogP contribution in [0.5, 0.6) is 5.75 Å². The predicted octanol–water partition coefficient (Wildman–Crippen LogP) is 3.41. The molecule has 1 saturated carbocycles. The van der Waals surface area contributed by atoms with Crippen LogP contribution in [0.15, 0.2) is 36.5 Å². The van der Waals surface area contributed by atoms with E-state index in [0.29, 0.717) is 37.6 Å². The first kappa shape index (κ1) is 20.5. The molecule has 156 valence electrons. The van der Waals surface area contributed by atoms with Crippen LogP contribution in [0.3, 0.4) is 0 Å². The lowest BCUT2D eigenvalue weighted by atomic mass is 9.98. The average Bonchev–Trinajstić information content (AvgIpc) is 3.54. The molecular formula is C20H22ClFN2O4S. The summed E-state index contributed by atoms with van der Waals surface area (Å²) >= 11 is 5.74. The standard InChI is InChI=1S/C20H22ClFN2O4S/c21-15-9-18(22)20(23-10-15)13-1-3-16(4-2-13)28-12-14-11-27-8-7-19(14)24-29(25,26)17-5-6-17/h1-4,9-10,14,17,19,24H,5-8,11-12H2/t14-,19+/m1/s1. The van der Waals surface area contributed by atoms with Crippen LogP contribution in [0.25, 0.3) is 11.3 Å². The number of nitrogens with one attached hydrogen (secondary N) is 1. The van der Waals surface area contributed by atoms with Crippen LogP contribution in [-0.4, -0.2) is 44.5 Å². The Morgan fingerprint density at radius 1 is 1.24 bits per heavy atom. The molecule has 1 aliphatic carbocycles. The summed E-state index contributed by atoms with van der Waals surface area (Å²) in [7, 11) is -3.26. The highest BCUT2D eigenvalue weighted by atomic mass is 35.5. The monoisotopic (exact) mass is 440 g/mol. The molecule has 9 heteroatoms. The number of hydrogen-bond donors (Lipinski definition) is 1. The Labute approximate surface area is 174 Å². The second kappa shape index (κ2) is 8.55. The molecule has 0 unspecified atom stereocenters. The van der Waals surface area contributed by atoms with Crippen LogP contribution in [0.4, 0.5) is 4.39 Å². The van der Waals surface area contributed by atoms with E-state index in [1.807, 2.05) is 0 Å². The molecule has 1 saturated heterocycles. The topological polar surface area (TPSA) is 77.5 Å². The van der Waals surface area contributed by atoms with Gasteiger partial charge in [-0.15, -0.1) is 0 Å². The van der Waals surface area contributed by atoms with Crippen LogP contribution in [-0.2, 0) is 14.8 Å². The van der Waals surface area contributed by atoms with Gasteiger partial charge in [0.05, 0.1) is 23.5 Å². The number of benzene rings is 1. The van der Waals surface area contributed by atoms with Gasteiger partial charge in [-0.1, -0.05) is 11.6 Å². The lowest BCUT2D eigenvalue weighted by molar-refractivity contribution is 0.0186. The zero-order valence-electron chi connectivity index (χ0n) is 15.7. The Morgan fingerprint density at radius 3 is 2.69 bits per heavy atom. The number of rotatable bonds is 7. The molecule has 2 atom stereocenters. The maximum atomic E-state index is 14.0. The summed E-state index contributed by atoms with van der Waals surface area (Å²) in [6.45, 7) is 1.29. The van der Waals surface area contributed by atoms with E-state index in [9.17, 15) is 12.8 Å². The summed E-state index contributed by atoms with van der Waals surface area (Å²) < 4.78 is 52.8. The van der Waals surface area contributed by atoms with E-state index in [-0.39, 0.29) is 27.9 Å². The van der Waals surface area contributed by atoms with Crippen LogP contribution in [0.1, 0.15) is 19.3 Å². The van der Waals surface area contributed by atoms with Crippen molar-refractivity contribution in [2.75, 3.05) is 19.8 Å². The fourth-order valence-corrected chi connectivity index (χ4v) is 5.17. The minimum Gasteiger partial charge on any atom is -0.493 e. The summed E-state index contributed by atoms with van der Waals surface area (Å²) in [5.74, 6) is 0.0427. The molecule has 2 aliphatic rings. The highest BCUT2D eigenvalue weighted by molar-refractivity contribution is 7.90. The van der Waals surface area contributed by atoms with Crippen LogP contribution in [0, 0.1) is 11.7 Å². The average molecular weight is 441 g/mol. The fraction of sp³-hybridized carbons (Fsp3) is 0.450. The number of aromatic nitrogens is 1. The van der Waals surface area contributed by atoms with Gasteiger partial charge in [-0.3, -0.25) is 4.98 Å². The maximum absolute atomic E-state index is 14.0. The molecule has 0 amide bonds. The van der Waals surface area contributed by atoms with E-state index >= 15 is 0 Å². The highest BCUT2D eigenvalue weighted by Gasteiger charge is 2.39. The smallest absolute Gasteiger partial charge is 0.214 e. The van der Waals surface area contributed by atoms with Gasteiger partial charge in [-0.05, 0) is 49.6 Å². The van der Waals surface area contributed by atoms with Crippen molar-refractivity contribution in [3.05, 3.63) is 47.4 Å². The first-order valence-electron chi connectivity index (χ1n) is 9.55. The zero-order valence-corrected chi connectivity index (χ0v) is 17.3. The second-order valence-electron chi connectivity index (χ2n) is 7.41. The van der Waals surface area contributed by atoms with Gasteiger partial charge in [0.1, 0.15) is 11.4 Å². The summed E-state index contributed by atoms with van der Waals surface area (Å²) in [6.07, 6.45) is 3.49. The van der Waals surface area contributed by atoms with Gasteiger partial charge in [-0.2, -0.15) is 0 Å². The van der Waals surface area contributed by atoms with E-state index in [1.165, 1.54) is 12.3 Å². The lowest BCUT2D eigenvalue weighted by Crippen LogP contribution is -2.48. The molecule has 4 rings (SSSR count). The third-order valence-corrected chi connectivity index (χ3v) is 7.34. The van der Waals surface area contributed by atoms with Crippen molar-refractivity contribution in [3.8, 4) is 17.0 Å². The largest absolute Gasteiger partial charge is 0.493 e. The van der Waals surface area contributed by atoms with Gasteiger partial charge >= 0.3 is 0 Å². The van der Waals surface area contributed by atoms with E-state index in [4.69, 9.17) is 21.1 Å². The molecule has 2 heterocycles. The van der Waals surface area contributed by atoms with Gasteiger partial charge in [0.2, 0.25) is 10.0 Å². The highest BCUT2D eigenvalue weighted by Crippen LogP contribution is 2.29. The van der Waals surface area contributed by atoms with Crippen molar-refractivity contribution in [1.29, 1.82) is 0 Å². The lowest BCUT2D eigenvalue weighted by Gasteiger charge is -2.31. The van der Waals surface area contributed by atoms with Crippen molar-refractivity contribution >= 4 is 21.6 Å². The molecule has 1 aromatic carbocycles. The first-order chi connectivity index (χ1) is 13.9. The summed E-state index contributed by atoms with van der Waals surface area (Å²) in [5.41, 5.74) is 0.832. The Kier molecular flexibility index (Phi) is 6.06. The van der Waals surface area contributed by atoms with E-state index in [1.54, 1.807) is 24.3 Å². The molecule has 2 fully saturated rings. The molecule has 2 aromatic rings.